The summed E-state index contributed by atoms with van der Waals surface area (Å²) < 4.78 is 41.5. The van der Waals surface area contributed by atoms with Gasteiger partial charge in [0.05, 0.1) is 6.54 Å². The fraction of sp³-hybridized carbons (Fsp3) is 0.350. The van der Waals surface area contributed by atoms with E-state index in [9.17, 15) is 13.2 Å². The van der Waals surface area contributed by atoms with Crippen LogP contribution in [0.3, 0.4) is 0 Å². The lowest BCUT2D eigenvalue weighted by Crippen LogP contribution is -2.44. The van der Waals surface area contributed by atoms with E-state index >= 15 is 0 Å². The summed E-state index contributed by atoms with van der Waals surface area (Å²) in [7, 11) is -4.28. The highest BCUT2D eigenvalue weighted by Crippen LogP contribution is 2.36. The van der Waals surface area contributed by atoms with Gasteiger partial charge < -0.3 is 13.7 Å². The Morgan fingerprint density at radius 1 is 1.18 bits per heavy atom. The normalized spacial score (nSPS) is 15.4. The maximum absolute atomic E-state index is 12.4. The van der Waals surface area contributed by atoms with Gasteiger partial charge in [0.1, 0.15) is 18.0 Å². The number of rotatable bonds is 3. The molecule has 1 aliphatic heterocycles. The van der Waals surface area contributed by atoms with Crippen molar-refractivity contribution in [3.05, 3.63) is 59.2 Å². The van der Waals surface area contributed by atoms with Crippen molar-refractivity contribution in [1.29, 1.82) is 0 Å². The second kappa shape index (κ2) is 7.35. The first-order chi connectivity index (χ1) is 13.0. The lowest BCUT2D eigenvalue weighted by Gasteiger charge is -2.30. The minimum Gasteiger partial charge on any atom is -0.489 e. The maximum Gasteiger partial charge on any atom is 0.427 e. The van der Waals surface area contributed by atoms with Crippen LogP contribution in [-0.4, -0.2) is 24.4 Å². The van der Waals surface area contributed by atoms with Crippen molar-refractivity contribution in [3.63, 3.8) is 0 Å². The number of aryl methyl sites for hydroxylation is 1. The van der Waals surface area contributed by atoms with Gasteiger partial charge in [-0.05, 0) is 51.0 Å². The molecule has 1 aliphatic rings. The first-order valence-electron chi connectivity index (χ1n) is 8.80. The third-order valence-electron chi connectivity index (χ3n) is 3.94. The van der Waals surface area contributed by atoms with Crippen LogP contribution in [-0.2, 0) is 28.2 Å². The zero-order valence-electron chi connectivity index (χ0n) is 16.3. The smallest absolute Gasteiger partial charge is 0.427 e. The van der Waals surface area contributed by atoms with Gasteiger partial charge in [0.2, 0.25) is 0 Å². The van der Waals surface area contributed by atoms with E-state index in [4.69, 9.17) is 13.7 Å². The average molecular weight is 405 g/mol. The number of ether oxygens (including phenoxy) is 2. The molecular weight excluding hydrogens is 382 g/mol. The van der Waals surface area contributed by atoms with Crippen LogP contribution in [0.5, 0.6) is 11.5 Å². The summed E-state index contributed by atoms with van der Waals surface area (Å²) >= 11 is 0. The van der Waals surface area contributed by atoms with E-state index in [1.807, 2.05) is 30.3 Å². The van der Waals surface area contributed by atoms with Crippen LogP contribution in [0.4, 0.5) is 4.79 Å². The fourth-order valence-electron chi connectivity index (χ4n) is 2.72. The zero-order valence-corrected chi connectivity index (χ0v) is 17.1. The van der Waals surface area contributed by atoms with E-state index in [1.165, 1.54) is 0 Å². The molecule has 0 aliphatic carbocycles. The maximum atomic E-state index is 12.4. The van der Waals surface area contributed by atoms with Crippen molar-refractivity contribution in [2.75, 3.05) is 0 Å². The molecule has 0 fully saturated rings. The quantitative estimate of drug-likeness (QED) is 0.769. The molecule has 7 nitrogen and oxygen atoms in total. The molecule has 2 aromatic carbocycles. The summed E-state index contributed by atoms with van der Waals surface area (Å²) in [5.74, 6) is 0.777. The molecule has 2 aromatic rings. The van der Waals surface area contributed by atoms with Crippen molar-refractivity contribution in [2.24, 2.45) is 0 Å². The van der Waals surface area contributed by atoms with Gasteiger partial charge >= 0.3 is 16.4 Å². The molecule has 0 radical (unpaired) electrons. The average Bonchev–Trinajstić information content (AvgIpc) is 2.59. The molecule has 0 bridgehead atoms. The molecule has 0 saturated heterocycles. The molecule has 0 atom stereocenters. The van der Waals surface area contributed by atoms with Crippen LogP contribution < -0.4 is 8.92 Å². The van der Waals surface area contributed by atoms with Crippen molar-refractivity contribution < 1.29 is 26.9 Å². The highest BCUT2D eigenvalue weighted by atomic mass is 32.2. The molecule has 0 unspecified atom stereocenters. The highest BCUT2D eigenvalue weighted by molar-refractivity contribution is 7.85. The molecule has 8 heteroatoms. The number of amides is 1. The molecule has 0 N–H and O–H groups in total. The van der Waals surface area contributed by atoms with Gasteiger partial charge in [0.15, 0.2) is 5.75 Å². The SMILES string of the molecule is Cc1cc(OCc2ccccc2)cc2c1OS(=O)(=O)N(C(=O)OC(C)(C)C)C2. The lowest BCUT2D eigenvalue weighted by molar-refractivity contribution is 0.0362. The molecule has 1 heterocycles. The van der Waals surface area contributed by atoms with Crippen LogP contribution in [0, 0.1) is 6.92 Å². The molecule has 150 valence electrons. The zero-order chi connectivity index (χ0) is 20.5. The third-order valence-corrected chi connectivity index (χ3v) is 5.14. The number of carbonyl (C=O) groups is 1. The van der Waals surface area contributed by atoms with Gasteiger partial charge in [-0.3, -0.25) is 0 Å². The highest BCUT2D eigenvalue weighted by Gasteiger charge is 2.39. The van der Waals surface area contributed by atoms with E-state index in [2.05, 4.69) is 0 Å². The first kappa shape index (κ1) is 20.0. The van der Waals surface area contributed by atoms with Crippen molar-refractivity contribution in [3.8, 4) is 11.5 Å². The number of nitrogens with zero attached hydrogens (tertiary/aromatic N) is 1. The summed E-state index contributed by atoms with van der Waals surface area (Å²) in [6.45, 7) is 6.90. The Kier molecular flexibility index (Phi) is 5.25. The minimum atomic E-state index is -4.28. The van der Waals surface area contributed by atoms with Gasteiger partial charge in [0.25, 0.3) is 0 Å². The Morgan fingerprint density at radius 2 is 1.86 bits per heavy atom. The van der Waals surface area contributed by atoms with Crippen molar-refractivity contribution >= 4 is 16.4 Å². The molecule has 28 heavy (non-hydrogen) atoms. The van der Waals surface area contributed by atoms with Gasteiger partial charge in [-0.15, -0.1) is 0 Å². The number of benzene rings is 2. The molecule has 1 amide bonds. The van der Waals surface area contributed by atoms with Crippen LogP contribution in [0.2, 0.25) is 0 Å². The predicted octanol–water partition coefficient (Wildman–Crippen LogP) is 3.95. The number of fused-ring (bicyclic) bond motifs is 1. The monoisotopic (exact) mass is 405 g/mol. The van der Waals surface area contributed by atoms with Crippen LogP contribution in [0.15, 0.2) is 42.5 Å². The first-order valence-corrected chi connectivity index (χ1v) is 10.2. The summed E-state index contributed by atoms with van der Waals surface area (Å²) in [6, 6.07) is 13.1. The molecule has 0 saturated carbocycles. The number of carbonyl (C=O) groups excluding carboxylic acids is 1. The van der Waals surface area contributed by atoms with E-state index in [0.717, 1.165) is 5.56 Å². The van der Waals surface area contributed by atoms with Crippen molar-refractivity contribution in [1.82, 2.24) is 4.31 Å². The van der Waals surface area contributed by atoms with Crippen LogP contribution >= 0.6 is 0 Å². The van der Waals surface area contributed by atoms with Gasteiger partial charge in [0, 0.05) is 5.56 Å². The van der Waals surface area contributed by atoms with E-state index in [-0.39, 0.29) is 12.3 Å². The lowest BCUT2D eigenvalue weighted by atomic mass is 10.1. The Bertz CT molecular complexity index is 980. The Labute approximate surface area is 165 Å². The van der Waals surface area contributed by atoms with Gasteiger partial charge in [-0.25, -0.2) is 4.79 Å². The van der Waals surface area contributed by atoms with Crippen LogP contribution in [0.1, 0.15) is 37.5 Å². The van der Waals surface area contributed by atoms with Crippen molar-refractivity contribution in [2.45, 2.75) is 46.4 Å². The second-order valence-corrected chi connectivity index (χ2v) is 8.99. The molecule has 0 aromatic heterocycles. The summed E-state index contributed by atoms with van der Waals surface area (Å²) in [4.78, 5) is 12.3. The Morgan fingerprint density at radius 3 is 2.50 bits per heavy atom. The van der Waals surface area contributed by atoms with E-state index in [0.29, 0.717) is 27.8 Å². The van der Waals surface area contributed by atoms with Gasteiger partial charge in [-0.2, -0.15) is 12.7 Å². The Hall–Kier alpha value is -2.74. The predicted molar refractivity (Wildman–Crippen MR) is 103 cm³/mol. The Balaban J connectivity index is 1.85. The summed E-state index contributed by atoms with van der Waals surface area (Å²) in [5.41, 5.74) is 1.31. The van der Waals surface area contributed by atoms with E-state index < -0.39 is 22.0 Å². The summed E-state index contributed by atoms with van der Waals surface area (Å²) in [6.07, 6.45) is -0.980. The van der Waals surface area contributed by atoms with Gasteiger partial charge in [-0.1, -0.05) is 30.3 Å². The summed E-state index contributed by atoms with van der Waals surface area (Å²) in [5, 5.41) is 0. The standard InChI is InChI=1S/C20H23NO6S/c1-14-10-17(25-13-15-8-6-5-7-9-15)11-16-12-21(19(22)26-20(2,3)4)28(23,24)27-18(14)16/h5-11H,12-13H2,1-4H3. The second-order valence-electron chi connectivity index (χ2n) is 7.53. The van der Waals surface area contributed by atoms with Crippen LogP contribution in [0.25, 0.3) is 0 Å². The molecule has 0 spiro atoms. The largest absolute Gasteiger partial charge is 0.489 e. The molecule has 3 rings (SSSR count). The number of hydrogen-bond donors (Lipinski definition) is 0. The topological polar surface area (TPSA) is 82.1 Å². The van der Waals surface area contributed by atoms with E-state index in [1.54, 1.807) is 39.8 Å². The third kappa shape index (κ3) is 4.56. The minimum absolute atomic E-state index is 0.185. The number of hydrogen-bond acceptors (Lipinski definition) is 6. The fourth-order valence-corrected chi connectivity index (χ4v) is 3.78. The molecular formula is C20H23NO6S.